The average Bonchev–Trinajstić information content (AvgIpc) is 2.90. The van der Waals surface area contributed by atoms with Gasteiger partial charge in [-0.05, 0) is 61.7 Å². The summed E-state index contributed by atoms with van der Waals surface area (Å²) in [6, 6.07) is 21.2. The molecule has 2 amide bonds. The van der Waals surface area contributed by atoms with Crippen molar-refractivity contribution in [3.63, 3.8) is 0 Å². The van der Waals surface area contributed by atoms with E-state index < -0.39 is 17.7 Å². The number of carbonyl (C=O) groups is 2. The molecule has 4 rings (SSSR count). The molecule has 0 saturated carbocycles. The van der Waals surface area contributed by atoms with Gasteiger partial charge in [0.05, 0.1) is 6.04 Å². The van der Waals surface area contributed by atoms with Crippen molar-refractivity contribution in [3.05, 3.63) is 107 Å². The van der Waals surface area contributed by atoms with Crippen LogP contribution in [0.15, 0.2) is 78.9 Å². The summed E-state index contributed by atoms with van der Waals surface area (Å²) in [7, 11) is 0. The Bertz CT molecular complexity index is 1190. The molecule has 8 heteroatoms. The number of carbonyl (C=O) groups excluding carboxylic acids is 2. The van der Waals surface area contributed by atoms with Gasteiger partial charge in [-0.3, -0.25) is 9.69 Å². The molecule has 0 unspecified atom stereocenters. The number of benzene rings is 3. The predicted molar refractivity (Wildman–Crippen MR) is 146 cm³/mol. The van der Waals surface area contributed by atoms with Crippen molar-refractivity contribution in [2.24, 2.45) is 0 Å². The molecule has 1 fully saturated rings. The number of rotatable bonds is 7. The molecule has 1 N–H and O–H groups in total. The summed E-state index contributed by atoms with van der Waals surface area (Å²) in [5.41, 5.74) is 2.01. The lowest BCUT2D eigenvalue weighted by molar-refractivity contribution is -0.135. The van der Waals surface area contributed by atoms with E-state index in [9.17, 15) is 18.4 Å². The first-order valence-corrected chi connectivity index (χ1v) is 13.2. The number of hydrogen-bond donors (Lipinski definition) is 1. The number of halogens is 2. The number of hydrogen-bond acceptors (Lipinski definition) is 4. The van der Waals surface area contributed by atoms with Crippen LogP contribution in [-0.4, -0.2) is 59.6 Å². The Morgan fingerprint density at radius 1 is 0.821 bits per heavy atom. The maximum atomic E-state index is 13.7. The molecule has 1 saturated heterocycles. The van der Waals surface area contributed by atoms with Crippen molar-refractivity contribution in [3.8, 4) is 0 Å². The number of amides is 2. The Labute approximate surface area is 228 Å². The molecular formula is C31H35F2N3O3. The molecule has 0 aliphatic carbocycles. The van der Waals surface area contributed by atoms with E-state index in [1.165, 1.54) is 24.3 Å². The van der Waals surface area contributed by atoms with Gasteiger partial charge in [-0.2, -0.15) is 0 Å². The van der Waals surface area contributed by atoms with Gasteiger partial charge in [-0.25, -0.2) is 13.6 Å². The van der Waals surface area contributed by atoms with Gasteiger partial charge >= 0.3 is 6.09 Å². The molecule has 39 heavy (non-hydrogen) atoms. The van der Waals surface area contributed by atoms with Crippen LogP contribution in [0.4, 0.5) is 13.6 Å². The highest BCUT2D eigenvalue weighted by Crippen LogP contribution is 2.30. The molecule has 0 aromatic heterocycles. The van der Waals surface area contributed by atoms with Crippen molar-refractivity contribution >= 4 is 12.0 Å². The zero-order valence-electron chi connectivity index (χ0n) is 22.6. The Hall–Kier alpha value is -3.78. The molecule has 206 valence electrons. The van der Waals surface area contributed by atoms with Gasteiger partial charge in [0.2, 0.25) is 5.91 Å². The minimum Gasteiger partial charge on any atom is -0.444 e. The number of ether oxygens (including phenoxy) is 1. The second-order valence-corrected chi connectivity index (χ2v) is 10.8. The third kappa shape index (κ3) is 7.86. The van der Waals surface area contributed by atoms with E-state index in [4.69, 9.17) is 4.74 Å². The molecule has 1 heterocycles. The number of alkyl carbamates (subject to hydrolysis) is 1. The SMILES string of the molecule is CC(C)(C)OC(=O)N[C@@H](Cc1ccccc1)C(=O)N1CCN(C(c2ccc(F)cc2)c2ccc(F)cc2)CC1. The second-order valence-electron chi connectivity index (χ2n) is 10.8. The summed E-state index contributed by atoms with van der Waals surface area (Å²) in [4.78, 5) is 30.2. The molecule has 6 nitrogen and oxygen atoms in total. The summed E-state index contributed by atoms with van der Waals surface area (Å²) in [5, 5.41) is 2.78. The van der Waals surface area contributed by atoms with Gasteiger partial charge < -0.3 is 15.0 Å². The number of nitrogens with zero attached hydrogens (tertiary/aromatic N) is 2. The third-order valence-electron chi connectivity index (χ3n) is 6.63. The van der Waals surface area contributed by atoms with E-state index in [0.29, 0.717) is 32.6 Å². The van der Waals surface area contributed by atoms with Crippen LogP contribution in [0, 0.1) is 11.6 Å². The van der Waals surface area contributed by atoms with Crippen LogP contribution >= 0.6 is 0 Å². The first-order valence-electron chi connectivity index (χ1n) is 13.2. The average molecular weight is 536 g/mol. The normalized spacial score (nSPS) is 15.2. The fraction of sp³-hybridized carbons (Fsp3) is 0.355. The topological polar surface area (TPSA) is 61.9 Å². The van der Waals surface area contributed by atoms with Crippen molar-refractivity contribution in [1.82, 2.24) is 15.1 Å². The van der Waals surface area contributed by atoms with Crippen molar-refractivity contribution in [2.45, 2.75) is 44.9 Å². The standard InChI is InChI=1S/C31H35F2N3O3/c1-31(2,3)39-30(38)34-27(21-22-7-5-4-6-8-22)29(37)36-19-17-35(18-20-36)28(23-9-13-25(32)14-10-23)24-11-15-26(33)16-12-24/h4-16,27-28H,17-21H2,1-3H3,(H,34,38)/t27-/m0/s1. The van der Waals surface area contributed by atoms with Crippen LogP contribution in [0.25, 0.3) is 0 Å². The van der Waals surface area contributed by atoms with Crippen LogP contribution in [0.3, 0.4) is 0 Å². The predicted octanol–water partition coefficient (Wildman–Crippen LogP) is 5.33. The van der Waals surface area contributed by atoms with Gasteiger partial charge in [0.15, 0.2) is 0 Å². The molecular weight excluding hydrogens is 500 g/mol. The maximum Gasteiger partial charge on any atom is 0.408 e. The van der Waals surface area contributed by atoms with Crippen LogP contribution in [-0.2, 0) is 16.0 Å². The zero-order chi connectivity index (χ0) is 28.0. The highest BCUT2D eigenvalue weighted by atomic mass is 19.1. The first kappa shape index (κ1) is 28.2. The lowest BCUT2D eigenvalue weighted by Gasteiger charge is -2.40. The van der Waals surface area contributed by atoms with E-state index in [1.807, 2.05) is 30.3 Å². The van der Waals surface area contributed by atoms with E-state index in [2.05, 4.69) is 10.2 Å². The quantitative estimate of drug-likeness (QED) is 0.444. The van der Waals surface area contributed by atoms with Crippen molar-refractivity contribution < 1.29 is 23.1 Å². The Morgan fingerprint density at radius 3 is 1.82 bits per heavy atom. The summed E-state index contributed by atoms with van der Waals surface area (Å²) >= 11 is 0. The second kappa shape index (κ2) is 12.4. The summed E-state index contributed by atoms with van der Waals surface area (Å²) in [5.74, 6) is -0.826. The van der Waals surface area contributed by atoms with Crippen LogP contribution in [0.1, 0.15) is 43.5 Å². The van der Waals surface area contributed by atoms with Crippen LogP contribution in [0.2, 0.25) is 0 Å². The van der Waals surface area contributed by atoms with Gasteiger partial charge in [-0.15, -0.1) is 0 Å². The highest BCUT2D eigenvalue weighted by molar-refractivity contribution is 5.86. The molecule has 0 radical (unpaired) electrons. The smallest absolute Gasteiger partial charge is 0.408 e. The summed E-state index contributed by atoms with van der Waals surface area (Å²) < 4.78 is 32.7. The lowest BCUT2D eigenvalue weighted by atomic mass is 9.96. The number of piperazine rings is 1. The van der Waals surface area contributed by atoms with Crippen molar-refractivity contribution in [2.75, 3.05) is 26.2 Å². The molecule has 3 aromatic rings. The largest absolute Gasteiger partial charge is 0.444 e. The fourth-order valence-corrected chi connectivity index (χ4v) is 4.82. The molecule has 1 aliphatic rings. The van der Waals surface area contributed by atoms with E-state index in [-0.39, 0.29) is 23.6 Å². The summed E-state index contributed by atoms with van der Waals surface area (Å²) in [6.45, 7) is 7.32. The van der Waals surface area contributed by atoms with Crippen LogP contribution in [0.5, 0.6) is 0 Å². The minimum atomic E-state index is -0.779. The van der Waals surface area contributed by atoms with E-state index in [1.54, 1.807) is 49.9 Å². The first-order chi connectivity index (χ1) is 18.6. The Morgan fingerprint density at radius 2 is 1.33 bits per heavy atom. The molecule has 1 aliphatic heterocycles. The van der Waals surface area contributed by atoms with E-state index >= 15 is 0 Å². The Kier molecular flexibility index (Phi) is 8.97. The Balaban J connectivity index is 1.49. The molecule has 0 bridgehead atoms. The fourth-order valence-electron chi connectivity index (χ4n) is 4.82. The third-order valence-corrected chi connectivity index (χ3v) is 6.63. The molecule has 1 atom stereocenters. The summed E-state index contributed by atoms with van der Waals surface area (Å²) in [6.07, 6.45) is -0.296. The van der Waals surface area contributed by atoms with Gasteiger partial charge in [0.1, 0.15) is 23.3 Å². The van der Waals surface area contributed by atoms with E-state index in [0.717, 1.165) is 16.7 Å². The molecule has 3 aromatic carbocycles. The number of nitrogens with one attached hydrogen (secondary N) is 1. The van der Waals surface area contributed by atoms with Gasteiger partial charge in [0, 0.05) is 32.6 Å². The lowest BCUT2D eigenvalue weighted by Crippen LogP contribution is -2.56. The molecule has 0 spiro atoms. The monoisotopic (exact) mass is 535 g/mol. The van der Waals surface area contributed by atoms with Gasteiger partial charge in [-0.1, -0.05) is 54.6 Å². The highest BCUT2D eigenvalue weighted by Gasteiger charge is 2.33. The van der Waals surface area contributed by atoms with Gasteiger partial charge in [0.25, 0.3) is 0 Å². The van der Waals surface area contributed by atoms with Crippen molar-refractivity contribution in [1.29, 1.82) is 0 Å². The zero-order valence-corrected chi connectivity index (χ0v) is 22.6. The maximum absolute atomic E-state index is 13.7. The van der Waals surface area contributed by atoms with Crippen LogP contribution < -0.4 is 5.32 Å². The minimum absolute atomic E-state index is 0.176.